The molecule has 0 bridgehead atoms. The second-order valence-corrected chi connectivity index (χ2v) is 8.26. The highest BCUT2D eigenvalue weighted by Gasteiger charge is 2.34. The molecule has 1 aromatic carbocycles. The van der Waals surface area contributed by atoms with Crippen LogP contribution < -0.4 is 0 Å². The van der Waals surface area contributed by atoms with Crippen molar-refractivity contribution in [2.45, 2.75) is 18.9 Å². The Balaban J connectivity index is 1.35. The smallest absolute Gasteiger partial charge is 0.236 e. The van der Waals surface area contributed by atoms with Gasteiger partial charge in [-0.2, -0.15) is 0 Å². The molecule has 1 amide bonds. The zero-order chi connectivity index (χ0) is 19.5. The van der Waals surface area contributed by atoms with E-state index >= 15 is 0 Å². The van der Waals surface area contributed by atoms with Gasteiger partial charge in [0.1, 0.15) is 0 Å². The van der Waals surface area contributed by atoms with Crippen LogP contribution in [0.1, 0.15) is 12.1 Å². The van der Waals surface area contributed by atoms with E-state index in [2.05, 4.69) is 29.0 Å². The molecule has 6 heteroatoms. The van der Waals surface area contributed by atoms with Crippen molar-refractivity contribution in [1.29, 1.82) is 0 Å². The third-order valence-electron chi connectivity index (χ3n) is 6.06. The minimum Gasteiger partial charge on any atom is -0.391 e. The number of aromatic nitrogens is 1. The van der Waals surface area contributed by atoms with Gasteiger partial charge >= 0.3 is 0 Å². The SMILES string of the molecule is CN1CCCN(CC(=O)N2CC(O)C(Cc3ccc4ccccc4n3)C2)CC1. The lowest BCUT2D eigenvalue weighted by Gasteiger charge is -2.23. The molecule has 6 nitrogen and oxygen atoms in total. The summed E-state index contributed by atoms with van der Waals surface area (Å²) >= 11 is 0. The molecule has 2 aliphatic heterocycles. The van der Waals surface area contributed by atoms with Crippen LogP contribution in [-0.4, -0.2) is 89.7 Å². The Morgan fingerprint density at radius 1 is 1.11 bits per heavy atom. The molecule has 2 aliphatic rings. The van der Waals surface area contributed by atoms with Gasteiger partial charge in [-0.1, -0.05) is 24.3 Å². The van der Waals surface area contributed by atoms with E-state index in [4.69, 9.17) is 4.98 Å². The van der Waals surface area contributed by atoms with Gasteiger partial charge in [-0.05, 0) is 45.1 Å². The van der Waals surface area contributed by atoms with E-state index in [0.717, 1.165) is 49.2 Å². The van der Waals surface area contributed by atoms with E-state index in [1.54, 1.807) is 0 Å². The molecule has 1 N–H and O–H groups in total. The fourth-order valence-electron chi connectivity index (χ4n) is 4.30. The van der Waals surface area contributed by atoms with Crippen LogP contribution in [0, 0.1) is 5.92 Å². The first-order valence-corrected chi connectivity index (χ1v) is 10.3. The van der Waals surface area contributed by atoms with Gasteiger partial charge in [0.25, 0.3) is 0 Å². The Morgan fingerprint density at radius 2 is 1.96 bits per heavy atom. The molecule has 0 radical (unpaired) electrons. The third kappa shape index (κ3) is 4.51. The molecule has 0 saturated carbocycles. The second-order valence-electron chi connectivity index (χ2n) is 8.26. The average Bonchev–Trinajstić information content (AvgIpc) is 2.93. The summed E-state index contributed by atoms with van der Waals surface area (Å²) in [5.74, 6) is 0.186. The van der Waals surface area contributed by atoms with Crippen molar-refractivity contribution in [3.63, 3.8) is 0 Å². The lowest BCUT2D eigenvalue weighted by molar-refractivity contribution is -0.131. The van der Waals surface area contributed by atoms with Crippen LogP contribution in [0.4, 0.5) is 0 Å². The molecule has 3 heterocycles. The van der Waals surface area contributed by atoms with Crippen molar-refractivity contribution in [3.05, 3.63) is 42.1 Å². The first kappa shape index (κ1) is 19.3. The predicted molar refractivity (Wildman–Crippen MR) is 110 cm³/mol. The second kappa shape index (κ2) is 8.55. The molecular weight excluding hydrogens is 352 g/mol. The van der Waals surface area contributed by atoms with Gasteiger partial charge in [0.15, 0.2) is 0 Å². The Labute approximate surface area is 166 Å². The van der Waals surface area contributed by atoms with Crippen LogP contribution in [0.25, 0.3) is 10.9 Å². The molecule has 2 aromatic rings. The van der Waals surface area contributed by atoms with Crippen LogP contribution in [0.2, 0.25) is 0 Å². The summed E-state index contributed by atoms with van der Waals surface area (Å²) in [6.45, 7) is 5.51. The molecular formula is C22H30N4O2. The largest absolute Gasteiger partial charge is 0.391 e. The summed E-state index contributed by atoms with van der Waals surface area (Å²) in [5, 5.41) is 11.6. The highest BCUT2D eigenvalue weighted by molar-refractivity contribution is 5.79. The zero-order valence-corrected chi connectivity index (χ0v) is 16.6. The van der Waals surface area contributed by atoms with E-state index in [0.29, 0.717) is 26.1 Å². The van der Waals surface area contributed by atoms with Gasteiger partial charge < -0.3 is 14.9 Å². The number of carbonyl (C=O) groups is 1. The van der Waals surface area contributed by atoms with Crippen LogP contribution in [-0.2, 0) is 11.2 Å². The summed E-state index contributed by atoms with van der Waals surface area (Å²) < 4.78 is 0. The number of para-hydroxylation sites is 1. The maximum atomic E-state index is 12.8. The number of amides is 1. The van der Waals surface area contributed by atoms with E-state index in [9.17, 15) is 9.90 Å². The number of aliphatic hydroxyl groups excluding tert-OH is 1. The molecule has 2 saturated heterocycles. The number of pyridine rings is 1. The van der Waals surface area contributed by atoms with Crippen molar-refractivity contribution < 1.29 is 9.90 Å². The number of hydrogen-bond acceptors (Lipinski definition) is 5. The summed E-state index contributed by atoms with van der Waals surface area (Å²) in [6, 6.07) is 12.2. The van der Waals surface area contributed by atoms with Gasteiger partial charge in [0.05, 0.1) is 18.2 Å². The first-order chi connectivity index (χ1) is 13.6. The number of likely N-dealkylation sites (tertiary alicyclic amines) is 1. The summed E-state index contributed by atoms with van der Waals surface area (Å²) in [5.41, 5.74) is 1.96. The fourth-order valence-corrected chi connectivity index (χ4v) is 4.30. The number of hydrogen-bond donors (Lipinski definition) is 1. The maximum absolute atomic E-state index is 12.8. The lowest BCUT2D eigenvalue weighted by atomic mass is 9.99. The van der Waals surface area contributed by atoms with Gasteiger partial charge in [-0.25, -0.2) is 0 Å². The number of benzene rings is 1. The predicted octanol–water partition coefficient (Wildman–Crippen LogP) is 1.23. The monoisotopic (exact) mass is 382 g/mol. The fraction of sp³-hybridized carbons (Fsp3) is 0.545. The van der Waals surface area contributed by atoms with Crippen LogP contribution in [0.15, 0.2) is 36.4 Å². The lowest BCUT2D eigenvalue weighted by Crippen LogP contribution is -2.41. The van der Waals surface area contributed by atoms with Crippen molar-refractivity contribution in [2.75, 3.05) is 52.9 Å². The molecule has 150 valence electrons. The molecule has 4 rings (SSSR count). The first-order valence-electron chi connectivity index (χ1n) is 10.3. The standard InChI is InChI=1S/C22H30N4O2/c1-24-9-4-10-25(12-11-24)16-22(28)26-14-18(21(27)15-26)13-19-8-7-17-5-2-3-6-20(17)23-19/h2-3,5-8,18,21,27H,4,9-16H2,1H3. The molecule has 0 aliphatic carbocycles. The maximum Gasteiger partial charge on any atom is 0.236 e. The quantitative estimate of drug-likeness (QED) is 0.862. The average molecular weight is 383 g/mol. The number of rotatable bonds is 4. The topological polar surface area (TPSA) is 59.9 Å². The zero-order valence-electron chi connectivity index (χ0n) is 16.6. The highest BCUT2D eigenvalue weighted by atomic mass is 16.3. The van der Waals surface area contributed by atoms with Crippen LogP contribution in [0.5, 0.6) is 0 Å². The number of nitrogens with zero attached hydrogens (tertiary/aromatic N) is 4. The Hall–Kier alpha value is -2.02. The van der Waals surface area contributed by atoms with E-state index < -0.39 is 6.10 Å². The molecule has 0 spiro atoms. The number of aliphatic hydroxyl groups is 1. The van der Waals surface area contributed by atoms with Crippen LogP contribution in [0.3, 0.4) is 0 Å². The third-order valence-corrected chi connectivity index (χ3v) is 6.06. The van der Waals surface area contributed by atoms with Gasteiger partial charge in [0.2, 0.25) is 5.91 Å². The highest BCUT2D eigenvalue weighted by Crippen LogP contribution is 2.22. The summed E-state index contributed by atoms with van der Waals surface area (Å²) in [7, 11) is 2.13. The summed E-state index contributed by atoms with van der Waals surface area (Å²) in [6.07, 6.45) is 1.32. The Bertz CT molecular complexity index is 827. The van der Waals surface area contributed by atoms with Gasteiger partial charge in [0, 0.05) is 43.2 Å². The molecule has 2 unspecified atom stereocenters. The van der Waals surface area contributed by atoms with E-state index in [1.807, 2.05) is 29.2 Å². The minimum absolute atomic E-state index is 0.0490. The number of fused-ring (bicyclic) bond motifs is 1. The Morgan fingerprint density at radius 3 is 2.86 bits per heavy atom. The normalized spacial score (nSPS) is 24.6. The van der Waals surface area contributed by atoms with Crippen molar-refractivity contribution in [2.24, 2.45) is 5.92 Å². The molecule has 2 atom stereocenters. The summed E-state index contributed by atoms with van der Waals surface area (Å²) in [4.78, 5) is 23.9. The van der Waals surface area contributed by atoms with E-state index in [-0.39, 0.29) is 11.8 Å². The number of β-amino-alcohol motifs (C(OH)–C–C–N with tert-alkyl or cyclic N) is 1. The Kier molecular flexibility index (Phi) is 5.90. The van der Waals surface area contributed by atoms with Crippen molar-refractivity contribution in [3.8, 4) is 0 Å². The number of carbonyl (C=O) groups excluding carboxylic acids is 1. The van der Waals surface area contributed by atoms with Gasteiger partial charge in [-0.15, -0.1) is 0 Å². The number of likely N-dealkylation sites (N-methyl/N-ethyl adjacent to an activating group) is 1. The molecule has 1 aromatic heterocycles. The van der Waals surface area contributed by atoms with Crippen molar-refractivity contribution >= 4 is 16.8 Å². The van der Waals surface area contributed by atoms with E-state index in [1.165, 1.54) is 0 Å². The van der Waals surface area contributed by atoms with Gasteiger partial charge in [-0.3, -0.25) is 14.7 Å². The minimum atomic E-state index is -0.479. The molecule has 28 heavy (non-hydrogen) atoms. The van der Waals surface area contributed by atoms with Crippen molar-refractivity contribution in [1.82, 2.24) is 19.7 Å². The molecule has 2 fully saturated rings. The van der Waals surface area contributed by atoms with Crippen LogP contribution >= 0.6 is 0 Å².